The van der Waals surface area contributed by atoms with Gasteiger partial charge in [-0.05, 0) is 17.6 Å². The first-order valence-corrected chi connectivity index (χ1v) is 4.08. The zero-order chi connectivity index (χ0) is 7.98. The first-order chi connectivity index (χ1) is 4.70. The van der Waals surface area contributed by atoms with Crippen molar-refractivity contribution in [2.24, 2.45) is 0 Å². The minimum absolute atomic E-state index is 0.279. The van der Waals surface area contributed by atoms with Crippen LogP contribution < -0.4 is 0 Å². The van der Waals surface area contributed by atoms with Crippen LogP contribution in [0.1, 0.15) is 13.8 Å². The quantitative estimate of drug-likeness (QED) is 0.465. The number of ether oxygens (including phenoxy) is 1. The predicted octanol–water partition coefficient (Wildman–Crippen LogP) is 1.82. The molecule has 0 saturated heterocycles. The summed E-state index contributed by atoms with van der Waals surface area (Å²) in [6.07, 6.45) is 1.49. The lowest BCUT2D eigenvalue weighted by atomic mass is 10.5. The van der Waals surface area contributed by atoms with Gasteiger partial charge in [-0.15, -0.1) is 11.8 Å². The maximum atomic E-state index is 10.6. The van der Waals surface area contributed by atoms with Crippen molar-refractivity contribution in [3.8, 4) is 0 Å². The van der Waals surface area contributed by atoms with Crippen molar-refractivity contribution in [2.45, 2.75) is 13.8 Å². The Morgan fingerprint density at radius 1 is 1.70 bits per heavy atom. The average Bonchev–Trinajstić information content (AvgIpc) is 1.88. The van der Waals surface area contributed by atoms with Crippen LogP contribution in [-0.4, -0.2) is 18.8 Å². The van der Waals surface area contributed by atoms with E-state index in [0.29, 0.717) is 0 Å². The Balaban J connectivity index is 3.77. The Morgan fingerprint density at radius 3 is 2.70 bits per heavy atom. The minimum atomic E-state index is -0.279. The van der Waals surface area contributed by atoms with E-state index in [9.17, 15) is 4.79 Å². The van der Waals surface area contributed by atoms with E-state index in [2.05, 4.69) is 4.74 Å². The van der Waals surface area contributed by atoms with Gasteiger partial charge in [-0.25, -0.2) is 4.79 Å². The Labute approximate surface area is 65.6 Å². The molecule has 0 amide bonds. The van der Waals surface area contributed by atoms with Gasteiger partial charge in [0.25, 0.3) is 0 Å². The summed E-state index contributed by atoms with van der Waals surface area (Å²) in [5, 5.41) is 0. The smallest absolute Gasteiger partial charge is 0.331 e. The Hall–Kier alpha value is -0.440. The molecule has 10 heavy (non-hydrogen) atoms. The molecule has 0 aromatic carbocycles. The molecule has 0 atom stereocenters. The van der Waals surface area contributed by atoms with Crippen LogP contribution in [0, 0.1) is 0 Å². The summed E-state index contributed by atoms with van der Waals surface area (Å²) in [4.78, 5) is 11.6. The van der Waals surface area contributed by atoms with Gasteiger partial charge >= 0.3 is 5.97 Å². The number of carbonyl (C=O) groups is 1. The number of rotatable bonds is 3. The van der Waals surface area contributed by atoms with E-state index < -0.39 is 0 Å². The van der Waals surface area contributed by atoms with Crippen molar-refractivity contribution in [3.63, 3.8) is 0 Å². The topological polar surface area (TPSA) is 26.3 Å². The molecular formula is C7H12O2S. The molecule has 3 heteroatoms. The zero-order valence-electron chi connectivity index (χ0n) is 6.51. The summed E-state index contributed by atoms with van der Waals surface area (Å²) in [5.74, 6) is 0.706. The molecule has 0 aromatic heterocycles. The fraction of sp³-hybridized carbons (Fsp3) is 0.571. The van der Waals surface area contributed by atoms with Gasteiger partial charge in [-0.3, -0.25) is 0 Å². The average molecular weight is 160 g/mol. The molecule has 58 valence electrons. The first kappa shape index (κ1) is 9.56. The number of allylic oxidation sites excluding steroid dienone is 1. The Kier molecular flexibility index (Phi) is 5.12. The van der Waals surface area contributed by atoms with Crippen LogP contribution in [0.5, 0.6) is 0 Å². The molecule has 2 nitrogen and oxygen atoms in total. The predicted molar refractivity (Wildman–Crippen MR) is 43.9 cm³/mol. The third-order valence-electron chi connectivity index (χ3n) is 0.894. The maximum absolute atomic E-state index is 10.6. The molecule has 0 saturated carbocycles. The van der Waals surface area contributed by atoms with Crippen molar-refractivity contribution in [1.29, 1.82) is 0 Å². The van der Waals surface area contributed by atoms with Gasteiger partial charge in [0.15, 0.2) is 0 Å². The molecular weight excluding hydrogens is 148 g/mol. The highest BCUT2D eigenvalue weighted by Gasteiger charge is 1.94. The van der Waals surface area contributed by atoms with Crippen LogP contribution >= 0.6 is 11.8 Å². The molecule has 0 heterocycles. The van der Waals surface area contributed by atoms with E-state index in [1.807, 2.05) is 13.8 Å². The fourth-order valence-electron chi connectivity index (χ4n) is 0.494. The van der Waals surface area contributed by atoms with Crippen LogP contribution in [0.25, 0.3) is 0 Å². The fourth-order valence-corrected chi connectivity index (χ4v) is 1.13. The highest BCUT2D eigenvalue weighted by Crippen LogP contribution is 2.12. The molecule has 0 bridgehead atoms. The normalized spacial score (nSPS) is 11.3. The first-order valence-electron chi connectivity index (χ1n) is 3.09. The van der Waals surface area contributed by atoms with Crippen LogP contribution in [0.15, 0.2) is 11.0 Å². The molecule has 0 fully saturated rings. The summed E-state index contributed by atoms with van der Waals surface area (Å²) in [7, 11) is 1.38. The van der Waals surface area contributed by atoms with Crippen molar-refractivity contribution in [3.05, 3.63) is 11.0 Å². The summed E-state index contributed by atoms with van der Waals surface area (Å²) in [5.41, 5.74) is 0. The Morgan fingerprint density at radius 2 is 2.30 bits per heavy atom. The molecule has 0 rings (SSSR count). The monoisotopic (exact) mass is 160 g/mol. The van der Waals surface area contributed by atoms with E-state index in [-0.39, 0.29) is 5.97 Å². The summed E-state index contributed by atoms with van der Waals surface area (Å²) in [6.45, 7) is 3.93. The number of esters is 1. The second kappa shape index (κ2) is 5.35. The van der Waals surface area contributed by atoms with Gasteiger partial charge in [0.05, 0.1) is 7.11 Å². The second-order valence-electron chi connectivity index (χ2n) is 1.71. The van der Waals surface area contributed by atoms with Crippen LogP contribution in [-0.2, 0) is 9.53 Å². The zero-order valence-corrected chi connectivity index (χ0v) is 7.33. The highest BCUT2D eigenvalue weighted by atomic mass is 32.2. The molecule has 0 aliphatic heterocycles. The Bertz CT molecular complexity index is 141. The van der Waals surface area contributed by atoms with Gasteiger partial charge in [0, 0.05) is 6.08 Å². The highest BCUT2D eigenvalue weighted by molar-refractivity contribution is 8.03. The second-order valence-corrected chi connectivity index (χ2v) is 3.22. The maximum Gasteiger partial charge on any atom is 0.331 e. The van der Waals surface area contributed by atoms with E-state index in [4.69, 9.17) is 0 Å². The molecule has 0 unspecified atom stereocenters. The summed E-state index contributed by atoms with van der Waals surface area (Å²) in [6, 6.07) is 0. The summed E-state index contributed by atoms with van der Waals surface area (Å²) >= 11 is 1.64. The lowest BCUT2D eigenvalue weighted by Gasteiger charge is -1.95. The third-order valence-corrected chi connectivity index (χ3v) is 1.76. The molecule has 0 aliphatic rings. The van der Waals surface area contributed by atoms with E-state index >= 15 is 0 Å². The standard InChI is InChI=1S/C7H12O2S/c1-4-10-6(2)5-7(8)9-3/h5H,4H2,1-3H3/b6-5+. The molecule has 0 N–H and O–H groups in total. The molecule has 0 radical (unpaired) electrons. The lowest BCUT2D eigenvalue weighted by Crippen LogP contribution is -1.94. The summed E-state index contributed by atoms with van der Waals surface area (Å²) < 4.78 is 4.44. The van der Waals surface area contributed by atoms with Crippen LogP contribution in [0.2, 0.25) is 0 Å². The van der Waals surface area contributed by atoms with E-state index in [1.54, 1.807) is 11.8 Å². The van der Waals surface area contributed by atoms with Gasteiger partial charge in [0.1, 0.15) is 0 Å². The molecule has 0 aliphatic carbocycles. The van der Waals surface area contributed by atoms with Gasteiger partial charge in [0.2, 0.25) is 0 Å². The SMILES string of the molecule is CCS/C(C)=C/C(=O)OC. The molecule has 0 spiro atoms. The number of methoxy groups -OCH3 is 1. The number of hydrogen-bond acceptors (Lipinski definition) is 3. The van der Waals surface area contributed by atoms with Crippen LogP contribution in [0.4, 0.5) is 0 Å². The van der Waals surface area contributed by atoms with Crippen molar-refractivity contribution in [2.75, 3.05) is 12.9 Å². The number of hydrogen-bond donors (Lipinski definition) is 0. The molecule has 0 aromatic rings. The van der Waals surface area contributed by atoms with E-state index in [1.165, 1.54) is 13.2 Å². The van der Waals surface area contributed by atoms with Gasteiger partial charge < -0.3 is 4.74 Å². The van der Waals surface area contributed by atoms with Gasteiger partial charge in [-0.2, -0.15) is 0 Å². The largest absolute Gasteiger partial charge is 0.466 e. The lowest BCUT2D eigenvalue weighted by molar-refractivity contribution is -0.134. The van der Waals surface area contributed by atoms with E-state index in [0.717, 1.165) is 10.7 Å². The minimum Gasteiger partial charge on any atom is -0.466 e. The van der Waals surface area contributed by atoms with Crippen LogP contribution in [0.3, 0.4) is 0 Å². The van der Waals surface area contributed by atoms with Crippen molar-refractivity contribution >= 4 is 17.7 Å². The third kappa shape index (κ3) is 4.44. The van der Waals surface area contributed by atoms with Crippen molar-refractivity contribution < 1.29 is 9.53 Å². The number of carbonyl (C=O) groups excluding carboxylic acids is 1. The number of thioether (sulfide) groups is 1. The van der Waals surface area contributed by atoms with Gasteiger partial charge in [-0.1, -0.05) is 6.92 Å². The van der Waals surface area contributed by atoms with Crippen molar-refractivity contribution in [1.82, 2.24) is 0 Å².